The number of nitrogens with one attached hydrogen (secondary N) is 1. The molecule has 2 aromatic carbocycles. The molecular formula is C17H14N2O2. The topological polar surface area (TPSA) is 55.0 Å². The summed E-state index contributed by atoms with van der Waals surface area (Å²) in [6.07, 6.45) is 0. The van der Waals surface area contributed by atoms with Gasteiger partial charge >= 0.3 is 0 Å². The Bertz CT molecular complexity index is 763. The number of nitrogens with zero attached hydrogens (tertiary/aromatic N) is 1. The van der Waals surface area contributed by atoms with Gasteiger partial charge in [-0.05, 0) is 30.3 Å². The molecule has 0 unspecified atom stereocenters. The lowest BCUT2D eigenvalue weighted by Crippen LogP contribution is -1.90. The molecule has 1 heterocycles. The molecule has 1 N–H and O–H groups in total. The molecule has 4 nitrogen and oxygen atoms in total. The minimum Gasteiger partial charge on any atom is -0.457 e. The maximum atomic E-state index is 11.4. The van der Waals surface area contributed by atoms with E-state index >= 15 is 0 Å². The van der Waals surface area contributed by atoms with Crippen molar-refractivity contribution in [2.45, 2.75) is 6.92 Å². The first-order chi connectivity index (χ1) is 10.2. The molecule has 3 aromatic rings. The smallest absolute Gasteiger partial charge is 0.179 e. The predicted molar refractivity (Wildman–Crippen MR) is 80.5 cm³/mol. The molecule has 3 rings (SSSR count). The normalized spacial score (nSPS) is 10.3. The summed E-state index contributed by atoms with van der Waals surface area (Å²) in [5, 5.41) is 6.89. The molecule has 0 radical (unpaired) electrons. The zero-order valence-electron chi connectivity index (χ0n) is 11.5. The van der Waals surface area contributed by atoms with Gasteiger partial charge in [0.05, 0.1) is 5.69 Å². The van der Waals surface area contributed by atoms with E-state index in [1.165, 1.54) is 6.92 Å². The third-order valence-corrected chi connectivity index (χ3v) is 3.09. The maximum Gasteiger partial charge on any atom is 0.179 e. The maximum absolute atomic E-state index is 11.4. The molecule has 4 heteroatoms. The van der Waals surface area contributed by atoms with Crippen molar-refractivity contribution >= 4 is 5.78 Å². The van der Waals surface area contributed by atoms with E-state index in [9.17, 15) is 4.79 Å². The summed E-state index contributed by atoms with van der Waals surface area (Å²) in [7, 11) is 0. The number of benzene rings is 2. The Labute approximate surface area is 122 Å². The first-order valence-corrected chi connectivity index (χ1v) is 6.62. The number of ether oxygens (including phenoxy) is 1. The number of carbonyl (C=O) groups is 1. The van der Waals surface area contributed by atoms with Crippen molar-refractivity contribution in [1.82, 2.24) is 10.2 Å². The first kappa shape index (κ1) is 13.1. The second-order valence-electron chi connectivity index (χ2n) is 4.63. The van der Waals surface area contributed by atoms with Gasteiger partial charge in [-0.2, -0.15) is 5.10 Å². The number of aromatic amines is 1. The van der Waals surface area contributed by atoms with E-state index in [4.69, 9.17) is 4.74 Å². The van der Waals surface area contributed by atoms with Gasteiger partial charge in [-0.1, -0.05) is 30.3 Å². The van der Waals surface area contributed by atoms with Gasteiger partial charge in [0.1, 0.15) is 17.2 Å². The first-order valence-electron chi connectivity index (χ1n) is 6.62. The van der Waals surface area contributed by atoms with Crippen LogP contribution in [0.1, 0.15) is 17.4 Å². The van der Waals surface area contributed by atoms with E-state index in [1.54, 1.807) is 6.07 Å². The fourth-order valence-corrected chi connectivity index (χ4v) is 2.03. The summed E-state index contributed by atoms with van der Waals surface area (Å²) >= 11 is 0. The van der Waals surface area contributed by atoms with Gasteiger partial charge in [-0.25, -0.2) is 0 Å². The van der Waals surface area contributed by atoms with Crippen LogP contribution in [0.5, 0.6) is 11.5 Å². The Morgan fingerprint density at radius 2 is 1.76 bits per heavy atom. The van der Waals surface area contributed by atoms with Crippen molar-refractivity contribution in [1.29, 1.82) is 0 Å². The average Bonchev–Trinajstić information content (AvgIpc) is 2.99. The summed E-state index contributed by atoms with van der Waals surface area (Å²) in [6, 6.07) is 18.9. The molecule has 0 aliphatic rings. The van der Waals surface area contributed by atoms with Gasteiger partial charge < -0.3 is 4.74 Å². The zero-order chi connectivity index (χ0) is 14.7. The number of hydrogen-bond donors (Lipinski definition) is 1. The van der Waals surface area contributed by atoms with Crippen molar-refractivity contribution in [3.05, 3.63) is 66.4 Å². The molecule has 1 aromatic heterocycles. The summed E-state index contributed by atoms with van der Waals surface area (Å²) in [6.45, 7) is 1.49. The molecule has 0 atom stereocenters. The number of H-pyrrole nitrogens is 1. The van der Waals surface area contributed by atoms with Crippen LogP contribution < -0.4 is 4.74 Å². The number of Topliss-reactive ketones (excluding diaryl/α,β-unsaturated/α-hetero) is 1. The Kier molecular flexibility index (Phi) is 3.51. The van der Waals surface area contributed by atoms with Crippen LogP contribution >= 0.6 is 0 Å². The SMILES string of the molecule is CC(=O)c1cc(-c2ccccc2Oc2ccccc2)[nH]n1. The molecule has 0 fully saturated rings. The molecule has 104 valence electrons. The highest BCUT2D eigenvalue weighted by Crippen LogP contribution is 2.32. The van der Waals surface area contributed by atoms with E-state index in [2.05, 4.69) is 10.2 Å². The van der Waals surface area contributed by atoms with Crippen LogP contribution in [0.2, 0.25) is 0 Å². The molecular weight excluding hydrogens is 264 g/mol. The van der Waals surface area contributed by atoms with Gasteiger partial charge in [0, 0.05) is 12.5 Å². The Morgan fingerprint density at radius 1 is 1.05 bits per heavy atom. The molecule has 21 heavy (non-hydrogen) atoms. The fraction of sp³-hybridized carbons (Fsp3) is 0.0588. The lowest BCUT2D eigenvalue weighted by Gasteiger charge is -2.09. The van der Waals surface area contributed by atoms with Crippen LogP contribution in [0.25, 0.3) is 11.3 Å². The lowest BCUT2D eigenvalue weighted by molar-refractivity contribution is 0.101. The fourth-order valence-electron chi connectivity index (χ4n) is 2.03. The van der Waals surface area contributed by atoms with Crippen molar-refractivity contribution in [2.75, 3.05) is 0 Å². The van der Waals surface area contributed by atoms with E-state index in [-0.39, 0.29) is 5.78 Å². The highest BCUT2D eigenvalue weighted by Gasteiger charge is 2.11. The number of aromatic nitrogens is 2. The molecule has 0 amide bonds. The van der Waals surface area contributed by atoms with Crippen LogP contribution in [-0.4, -0.2) is 16.0 Å². The van der Waals surface area contributed by atoms with Crippen molar-refractivity contribution in [3.8, 4) is 22.8 Å². The van der Waals surface area contributed by atoms with Crippen LogP contribution in [0, 0.1) is 0 Å². The minimum absolute atomic E-state index is 0.0704. The highest BCUT2D eigenvalue weighted by molar-refractivity contribution is 5.93. The van der Waals surface area contributed by atoms with Crippen LogP contribution in [0.15, 0.2) is 60.7 Å². The van der Waals surface area contributed by atoms with Gasteiger partial charge in [0.15, 0.2) is 5.78 Å². The van der Waals surface area contributed by atoms with E-state index in [0.717, 1.165) is 17.0 Å². The van der Waals surface area contributed by atoms with Gasteiger partial charge in [0.25, 0.3) is 0 Å². The standard InChI is InChI=1S/C17H14N2O2/c1-12(20)15-11-16(19-18-15)14-9-5-6-10-17(14)21-13-7-3-2-4-8-13/h2-11H,1H3,(H,18,19). The summed E-state index contributed by atoms with van der Waals surface area (Å²) in [5.74, 6) is 1.40. The van der Waals surface area contributed by atoms with Gasteiger partial charge in [0.2, 0.25) is 0 Å². The van der Waals surface area contributed by atoms with Gasteiger partial charge in [-0.15, -0.1) is 0 Å². The molecule has 0 aliphatic heterocycles. The van der Waals surface area contributed by atoms with Crippen molar-refractivity contribution in [2.24, 2.45) is 0 Å². The second-order valence-corrected chi connectivity index (χ2v) is 4.63. The number of carbonyl (C=O) groups excluding carboxylic acids is 1. The Hall–Kier alpha value is -2.88. The average molecular weight is 278 g/mol. The monoisotopic (exact) mass is 278 g/mol. The number of rotatable bonds is 4. The molecule has 0 spiro atoms. The lowest BCUT2D eigenvalue weighted by atomic mass is 10.1. The molecule has 0 aliphatic carbocycles. The number of ketones is 1. The Balaban J connectivity index is 1.97. The van der Waals surface area contributed by atoms with Gasteiger partial charge in [-0.3, -0.25) is 9.89 Å². The van der Waals surface area contributed by atoms with E-state index < -0.39 is 0 Å². The quantitative estimate of drug-likeness (QED) is 0.732. The molecule has 0 saturated heterocycles. The summed E-state index contributed by atoms with van der Waals surface area (Å²) < 4.78 is 5.90. The van der Waals surface area contributed by atoms with Crippen LogP contribution in [-0.2, 0) is 0 Å². The van der Waals surface area contributed by atoms with Crippen molar-refractivity contribution in [3.63, 3.8) is 0 Å². The third-order valence-electron chi connectivity index (χ3n) is 3.09. The zero-order valence-corrected chi connectivity index (χ0v) is 11.5. The largest absolute Gasteiger partial charge is 0.457 e. The summed E-state index contributed by atoms with van der Waals surface area (Å²) in [5.41, 5.74) is 2.03. The molecule has 0 bridgehead atoms. The Morgan fingerprint density at radius 3 is 2.48 bits per heavy atom. The van der Waals surface area contributed by atoms with E-state index in [0.29, 0.717) is 11.4 Å². The van der Waals surface area contributed by atoms with Crippen molar-refractivity contribution < 1.29 is 9.53 Å². The second kappa shape index (κ2) is 5.63. The third kappa shape index (κ3) is 2.84. The summed E-state index contributed by atoms with van der Waals surface area (Å²) in [4.78, 5) is 11.4. The number of para-hydroxylation sites is 2. The van der Waals surface area contributed by atoms with Crippen LogP contribution in [0.3, 0.4) is 0 Å². The van der Waals surface area contributed by atoms with E-state index in [1.807, 2.05) is 54.6 Å². The molecule has 0 saturated carbocycles. The highest BCUT2D eigenvalue weighted by atomic mass is 16.5. The number of hydrogen-bond acceptors (Lipinski definition) is 3. The van der Waals surface area contributed by atoms with Crippen LogP contribution in [0.4, 0.5) is 0 Å². The predicted octanol–water partition coefficient (Wildman–Crippen LogP) is 4.07. The minimum atomic E-state index is -0.0704.